The first-order valence-electron chi connectivity index (χ1n) is 5.10. The smallest absolute Gasteiger partial charge is 0.416 e. The van der Waals surface area contributed by atoms with Gasteiger partial charge in [-0.15, -0.1) is 0 Å². The van der Waals surface area contributed by atoms with Crippen LogP contribution in [0.25, 0.3) is 11.3 Å². The molecule has 0 unspecified atom stereocenters. The molecule has 1 aromatic heterocycles. The fourth-order valence-electron chi connectivity index (χ4n) is 1.53. The first-order valence-corrected chi connectivity index (χ1v) is 5.10. The van der Waals surface area contributed by atoms with E-state index in [0.29, 0.717) is 0 Å². The molecule has 0 radical (unpaired) electrons. The molecule has 1 N–H and O–H groups in total. The van der Waals surface area contributed by atoms with Crippen molar-refractivity contribution in [3.05, 3.63) is 47.9 Å². The van der Waals surface area contributed by atoms with Gasteiger partial charge in [0.25, 0.3) is 0 Å². The van der Waals surface area contributed by atoms with Crippen molar-refractivity contribution < 1.29 is 23.1 Å². The van der Waals surface area contributed by atoms with Crippen LogP contribution in [0, 0.1) is 0 Å². The van der Waals surface area contributed by atoms with Crippen molar-refractivity contribution in [1.29, 1.82) is 0 Å². The number of halogens is 3. The Morgan fingerprint density at radius 1 is 1.16 bits per heavy atom. The van der Waals surface area contributed by atoms with Crippen LogP contribution in [-0.4, -0.2) is 21.0 Å². The van der Waals surface area contributed by atoms with Crippen molar-refractivity contribution >= 4 is 5.97 Å². The molecule has 0 aliphatic rings. The van der Waals surface area contributed by atoms with Crippen molar-refractivity contribution in [2.75, 3.05) is 0 Å². The fraction of sp³-hybridized carbons (Fsp3) is 0.0833. The van der Waals surface area contributed by atoms with Gasteiger partial charge in [-0.25, -0.2) is 14.8 Å². The Labute approximate surface area is 105 Å². The molecule has 7 heteroatoms. The van der Waals surface area contributed by atoms with E-state index in [2.05, 4.69) is 9.97 Å². The minimum Gasteiger partial charge on any atom is -0.478 e. The molecule has 0 aliphatic heterocycles. The van der Waals surface area contributed by atoms with Crippen LogP contribution in [0.4, 0.5) is 13.2 Å². The zero-order valence-electron chi connectivity index (χ0n) is 9.35. The average molecular weight is 268 g/mol. The Bertz CT molecular complexity index is 609. The zero-order valence-corrected chi connectivity index (χ0v) is 9.35. The highest BCUT2D eigenvalue weighted by atomic mass is 19.4. The lowest BCUT2D eigenvalue weighted by Gasteiger charge is -2.08. The van der Waals surface area contributed by atoms with Crippen LogP contribution in [-0.2, 0) is 6.18 Å². The molecular weight excluding hydrogens is 261 g/mol. The van der Waals surface area contributed by atoms with Gasteiger partial charge in [-0.2, -0.15) is 13.2 Å². The average Bonchev–Trinajstić information content (AvgIpc) is 2.38. The molecular formula is C12H7F3N2O2. The van der Waals surface area contributed by atoms with Gasteiger partial charge >= 0.3 is 12.1 Å². The molecule has 2 aromatic rings. The summed E-state index contributed by atoms with van der Waals surface area (Å²) in [7, 11) is 0. The summed E-state index contributed by atoms with van der Waals surface area (Å²) in [6, 6.07) is 4.11. The van der Waals surface area contributed by atoms with Crippen LogP contribution in [0.15, 0.2) is 36.8 Å². The van der Waals surface area contributed by atoms with Crippen LogP contribution in [0.5, 0.6) is 0 Å². The van der Waals surface area contributed by atoms with Crippen LogP contribution < -0.4 is 0 Å². The second-order valence-electron chi connectivity index (χ2n) is 3.67. The van der Waals surface area contributed by atoms with Gasteiger partial charge in [0, 0.05) is 11.8 Å². The number of carbonyl (C=O) groups is 1. The summed E-state index contributed by atoms with van der Waals surface area (Å²) in [5, 5.41) is 8.95. The van der Waals surface area contributed by atoms with Crippen molar-refractivity contribution in [3.63, 3.8) is 0 Å². The van der Waals surface area contributed by atoms with E-state index in [9.17, 15) is 18.0 Å². The van der Waals surface area contributed by atoms with Crippen LogP contribution in [0.3, 0.4) is 0 Å². The lowest BCUT2D eigenvalue weighted by atomic mass is 10.1. The summed E-state index contributed by atoms with van der Waals surface area (Å²) in [6.07, 6.45) is -2.19. The molecule has 19 heavy (non-hydrogen) atoms. The third kappa shape index (κ3) is 2.70. The van der Waals surface area contributed by atoms with Gasteiger partial charge in [0.15, 0.2) is 0 Å². The Morgan fingerprint density at radius 2 is 1.79 bits per heavy atom. The summed E-state index contributed by atoms with van der Waals surface area (Å²) in [6.45, 7) is 0. The van der Waals surface area contributed by atoms with Crippen molar-refractivity contribution in [2.24, 2.45) is 0 Å². The monoisotopic (exact) mass is 268 g/mol. The predicted octanol–water partition coefficient (Wildman–Crippen LogP) is 2.86. The van der Waals surface area contributed by atoms with Gasteiger partial charge in [-0.3, -0.25) is 0 Å². The third-order valence-corrected chi connectivity index (χ3v) is 2.43. The molecule has 0 saturated heterocycles. The number of aromatic nitrogens is 2. The van der Waals surface area contributed by atoms with Gasteiger partial charge in [0.1, 0.15) is 11.9 Å². The lowest BCUT2D eigenvalue weighted by Crippen LogP contribution is -2.05. The van der Waals surface area contributed by atoms with Gasteiger partial charge < -0.3 is 5.11 Å². The molecule has 0 amide bonds. The minimum absolute atomic E-state index is 0.0798. The van der Waals surface area contributed by atoms with Gasteiger partial charge in [0.2, 0.25) is 0 Å². The lowest BCUT2D eigenvalue weighted by molar-refractivity contribution is -0.137. The van der Waals surface area contributed by atoms with Gasteiger partial charge in [0.05, 0.1) is 11.3 Å². The van der Waals surface area contributed by atoms with Crippen molar-refractivity contribution in [2.45, 2.75) is 6.18 Å². The summed E-state index contributed by atoms with van der Waals surface area (Å²) in [5.41, 5.74) is -0.603. The Balaban J connectivity index is 2.46. The number of hydrogen-bond acceptors (Lipinski definition) is 3. The van der Waals surface area contributed by atoms with Crippen molar-refractivity contribution in [3.8, 4) is 11.3 Å². The number of alkyl halides is 3. The molecule has 0 bridgehead atoms. The molecule has 0 aliphatic carbocycles. The van der Waals surface area contributed by atoms with E-state index < -0.39 is 17.7 Å². The van der Waals surface area contributed by atoms with E-state index in [4.69, 9.17) is 5.11 Å². The molecule has 0 spiro atoms. The Hall–Kier alpha value is -2.44. The molecule has 1 aromatic carbocycles. The first-order chi connectivity index (χ1) is 8.89. The van der Waals surface area contributed by atoms with Crippen LogP contribution in [0.2, 0.25) is 0 Å². The summed E-state index contributed by atoms with van der Waals surface area (Å²) >= 11 is 0. The highest BCUT2D eigenvalue weighted by Crippen LogP contribution is 2.31. The minimum atomic E-state index is -4.43. The number of hydrogen-bond donors (Lipinski definition) is 1. The summed E-state index contributed by atoms with van der Waals surface area (Å²) < 4.78 is 37.2. The highest BCUT2D eigenvalue weighted by molar-refractivity contribution is 5.94. The molecule has 0 atom stereocenters. The normalized spacial score (nSPS) is 11.3. The maximum atomic E-state index is 12.4. The number of carboxylic acids is 1. The second-order valence-corrected chi connectivity index (χ2v) is 3.67. The molecule has 4 nitrogen and oxygen atoms in total. The van der Waals surface area contributed by atoms with E-state index in [-0.39, 0.29) is 16.8 Å². The number of carboxylic acid groups (broad SMARTS) is 1. The Morgan fingerprint density at radius 3 is 2.32 bits per heavy atom. The number of aromatic carboxylic acids is 1. The van der Waals surface area contributed by atoms with Crippen LogP contribution >= 0.6 is 0 Å². The predicted molar refractivity (Wildman–Crippen MR) is 59.4 cm³/mol. The summed E-state index contributed by atoms with van der Waals surface area (Å²) in [4.78, 5) is 18.3. The van der Waals surface area contributed by atoms with E-state index >= 15 is 0 Å². The molecule has 98 valence electrons. The molecule has 1 heterocycles. The maximum absolute atomic E-state index is 12.4. The third-order valence-electron chi connectivity index (χ3n) is 2.43. The van der Waals surface area contributed by atoms with E-state index in [1.165, 1.54) is 12.1 Å². The van der Waals surface area contributed by atoms with E-state index in [0.717, 1.165) is 24.7 Å². The zero-order chi connectivity index (χ0) is 14.0. The number of nitrogens with zero attached hydrogens (tertiary/aromatic N) is 2. The molecule has 0 fully saturated rings. The first kappa shape index (κ1) is 13.0. The van der Waals surface area contributed by atoms with Gasteiger partial charge in [-0.1, -0.05) is 12.1 Å². The fourth-order valence-corrected chi connectivity index (χ4v) is 1.53. The SMILES string of the molecule is O=C(O)c1cncnc1-c1ccc(C(F)(F)F)cc1. The van der Waals surface area contributed by atoms with Crippen molar-refractivity contribution in [1.82, 2.24) is 9.97 Å². The number of rotatable bonds is 2. The van der Waals surface area contributed by atoms with E-state index in [1.807, 2.05) is 0 Å². The van der Waals surface area contributed by atoms with E-state index in [1.54, 1.807) is 0 Å². The highest BCUT2D eigenvalue weighted by Gasteiger charge is 2.30. The Kier molecular flexibility index (Phi) is 3.20. The number of benzene rings is 1. The topological polar surface area (TPSA) is 63.1 Å². The van der Waals surface area contributed by atoms with Gasteiger partial charge in [-0.05, 0) is 12.1 Å². The van der Waals surface area contributed by atoms with Crippen LogP contribution in [0.1, 0.15) is 15.9 Å². The molecule has 2 rings (SSSR count). The molecule has 0 saturated carbocycles. The maximum Gasteiger partial charge on any atom is 0.416 e. The second kappa shape index (κ2) is 4.68. The largest absolute Gasteiger partial charge is 0.478 e. The summed E-state index contributed by atoms with van der Waals surface area (Å²) in [5.74, 6) is -1.24. The standard InChI is InChI=1S/C12H7F3N2O2/c13-12(14,15)8-3-1-7(2-4-8)10-9(11(18)19)5-16-6-17-10/h1-6H,(H,18,19). The quantitative estimate of drug-likeness (QED) is 0.909.